The molecule has 0 bridgehead atoms. The molecule has 7 N–H and O–H groups in total. The lowest BCUT2D eigenvalue weighted by Crippen LogP contribution is -2.55. The number of nitrogens with zero attached hydrogens (tertiary/aromatic N) is 7. The van der Waals surface area contributed by atoms with Crippen LogP contribution >= 0.6 is 0 Å². The van der Waals surface area contributed by atoms with Gasteiger partial charge in [-0.3, -0.25) is 67.7 Å². The minimum atomic E-state index is -1.05. The van der Waals surface area contributed by atoms with Gasteiger partial charge in [0.15, 0.2) is 0 Å². The first-order chi connectivity index (χ1) is 37.0. The van der Waals surface area contributed by atoms with Crippen LogP contribution in [0.25, 0.3) is 0 Å². The molecule has 2 atom stereocenters. The van der Waals surface area contributed by atoms with Gasteiger partial charge in [-0.1, -0.05) is 48.0 Å². The van der Waals surface area contributed by atoms with Crippen LogP contribution < -0.4 is 21.3 Å². The summed E-state index contributed by atoms with van der Waals surface area (Å²) in [6.07, 6.45) is 3.64. The Morgan fingerprint density at radius 3 is 1.79 bits per heavy atom. The van der Waals surface area contributed by atoms with Crippen molar-refractivity contribution in [3.63, 3.8) is 0 Å². The summed E-state index contributed by atoms with van der Waals surface area (Å²) < 4.78 is 0. The number of unbranched alkanes of at least 4 members (excludes halogenated alkanes) is 1. The van der Waals surface area contributed by atoms with E-state index in [9.17, 15) is 58.5 Å². The SMILES string of the molecule is Cc1ccc(CCCC(=O)NCC(=O)NC(CCCCNC(=O)CN2CCN(CC(=O)O)CCN(CC(=O)O)CCN(CC(=O)O)CC2)C(=O)N2CCN(Cc3cccc4c3CN(C(=O)CC3CCNC3=O)C4)CC2)cc1. The van der Waals surface area contributed by atoms with Crippen molar-refractivity contribution >= 4 is 53.4 Å². The summed E-state index contributed by atoms with van der Waals surface area (Å²) in [6.45, 7) is 7.50. The quantitative estimate of drug-likeness (QED) is 0.0611. The van der Waals surface area contributed by atoms with E-state index in [0.717, 1.165) is 34.2 Å². The van der Waals surface area contributed by atoms with Gasteiger partial charge >= 0.3 is 17.9 Å². The van der Waals surface area contributed by atoms with Crippen molar-refractivity contribution < 1.29 is 58.5 Å². The maximum Gasteiger partial charge on any atom is 0.317 e. The van der Waals surface area contributed by atoms with E-state index in [1.165, 1.54) is 0 Å². The maximum atomic E-state index is 14.3. The molecule has 3 fully saturated rings. The third-order valence-electron chi connectivity index (χ3n) is 14.8. The molecule has 4 aliphatic heterocycles. The molecule has 0 aromatic heterocycles. The molecule has 6 rings (SSSR count). The largest absolute Gasteiger partial charge is 0.480 e. The van der Waals surface area contributed by atoms with Crippen molar-refractivity contribution in [3.05, 3.63) is 70.3 Å². The predicted molar refractivity (Wildman–Crippen MR) is 283 cm³/mol. The second kappa shape index (κ2) is 30.4. The highest BCUT2D eigenvalue weighted by atomic mass is 16.4. The minimum absolute atomic E-state index is 0.0293. The number of hydrogen-bond acceptors (Lipinski definition) is 14. The molecule has 23 nitrogen and oxygen atoms in total. The number of hydrogen-bond donors (Lipinski definition) is 7. The number of aryl methyl sites for hydroxylation is 2. The van der Waals surface area contributed by atoms with E-state index in [0.29, 0.717) is 91.1 Å². The van der Waals surface area contributed by atoms with Crippen LogP contribution in [-0.4, -0.2) is 233 Å². The number of rotatable bonds is 25. The monoisotopic (exact) mass is 1070 g/mol. The van der Waals surface area contributed by atoms with E-state index >= 15 is 0 Å². The molecule has 4 aliphatic rings. The maximum absolute atomic E-state index is 14.3. The van der Waals surface area contributed by atoms with Crippen LogP contribution in [0.15, 0.2) is 42.5 Å². The van der Waals surface area contributed by atoms with Gasteiger partial charge in [0.1, 0.15) is 6.04 Å². The first-order valence-electron chi connectivity index (χ1n) is 27.1. The van der Waals surface area contributed by atoms with Gasteiger partial charge in [0.2, 0.25) is 35.4 Å². The molecule has 2 aromatic rings. The van der Waals surface area contributed by atoms with Crippen molar-refractivity contribution in [2.45, 2.75) is 84.0 Å². The molecule has 0 spiro atoms. The molecule has 4 heterocycles. The zero-order chi connectivity index (χ0) is 55.3. The summed E-state index contributed by atoms with van der Waals surface area (Å²) in [7, 11) is 0. The second-order valence-corrected chi connectivity index (χ2v) is 20.8. The van der Waals surface area contributed by atoms with E-state index in [4.69, 9.17) is 0 Å². The van der Waals surface area contributed by atoms with E-state index in [-0.39, 0.29) is 133 Å². The number of benzene rings is 2. The molecule has 0 aliphatic carbocycles. The molecule has 3 saturated heterocycles. The second-order valence-electron chi connectivity index (χ2n) is 20.8. The normalized spacial score (nSPS) is 18.8. The lowest BCUT2D eigenvalue weighted by Gasteiger charge is -2.37. The van der Waals surface area contributed by atoms with Crippen LogP contribution in [0.5, 0.6) is 0 Å². The van der Waals surface area contributed by atoms with Crippen LogP contribution in [0.3, 0.4) is 0 Å². The Labute approximate surface area is 450 Å². The summed E-state index contributed by atoms with van der Waals surface area (Å²) in [5, 5.41) is 39.9. The number of carboxylic acid groups (broad SMARTS) is 3. The highest BCUT2D eigenvalue weighted by molar-refractivity contribution is 5.90. The number of piperazine rings is 1. The van der Waals surface area contributed by atoms with E-state index < -0.39 is 29.9 Å². The molecular weight excluding hydrogens is 995 g/mol. The van der Waals surface area contributed by atoms with Crippen LogP contribution in [0.2, 0.25) is 0 Å². The van der Waals surface area contributed by atoms with Gasteiger partial charge in [0.05, 0.1) is 32.7 Å². The topological polar surface area (TPSA) is 285 Å². The number of nitrogens with one attached hydrogen (secondary N) is 4. The van der Waals surface area contributed by atoms with E-state index in [2.05, 4.69) is 32.2 Å². The Balaban J connectivity index is 1.00. The van der Waals surface area contributed by atoms with Crippen LogP contribution in [0.4, 0.5) is 0 Å². The Hall–Kier alpha value is -6.53. The highest BCUT2D eigenvalue weighted by Gasteiger charge is 2.33. The molecule has 0 saturated carbocycles. The first-order valence-corrected chi connectivity index (χ1v) is 27.1. The van der Waals surface area contributed by atoms with Crippen LogP contribution in [0.1, 0.15) is 72.8 Å². The van der Waals surface area contributed by atoms with E-state index in [1.807, 2.05) is 53.1 Å². The van der Waals surface area contributed by atoms with Crippen LogP contribution in [-0.2, 0) is 69.2 Å². The van der Waals surface area contributed by atoms with Gasteiger partial charge in [-0.15, -0.1) is 0 Å². The summed E-state index contributed by atoms with van der Waals surface area (Å²) in [6, 6.07) is 13.3. The molecule has 6 amide bonds. The lowest BCUT2D eigenvalue weighted by atomic mass is 10.0. The summed E-state index contributed by atoms with van der Waals surface area (Å²) in [4.78, 5) is 127. The van der Waals surface area contributed by atoms with Gasteiger partial charge < -0.3 is 46.4 Å². The zero-order valence-electron chi connectivity index (χ0n) is 44.6. The fourth-order valence-corrected chi connectivity index (χ4v) is 10.3. The predicted octanol–water partition coefficient (Wildman–Crippen LogP) is -0.607. The van der Waals surface area contributed by atoms with Gasteiger partial charge in [-0.25, -0.2) is 0 Å². The van der Waals surface area contributed by atoms with Gasteiger partial charge in [-0.05, 0) is 67.7 Å². The molecule has 422 valence electrons. The summed E-state index contributed by atoms with van der Waals surface area (Å²) in [5.41, 5.74) is 5.59. The third-order valence-corrected chi connectivity index (χ3v) is 14.8. The molecule has 77 heavy (non-hydrogen) atoms. The van der Waals surface area contributed by atoms with Crippen molar-refractivity contribution in [2.75, 3.05) is 124 Å². The lowest BCUT2D eigenvalue weighted by molar-refractivity contribution is -0.140. The van der Waals surface area contributed by atoms with Crippen molar-refractivity contribution in [2.24, 2.45) is 5.92 Å². The number of carbonyl (C=O) groups is 9. The average Bonchev–Trinajstić information content (AvgIpc) is 4.03. The number of aliphatic carboxylic acids is 3. The molecule has 23 heteroatoms. The van der Waals surface area contributed by atoms with Crippen LogP contribution in [0, 0.1) is 12.8 Å². The Morgan fingerprint density at radius 1 is 0.636 bits per heavy atom. The number of carboxylic acids is 3. The van der Waals surface area contributed by atoms with Crippen molar-refractivity contribution in [1.29, 1.82) is 0 Å². The average molecular weight is 1070 g/mol. The standard InChI is InChI=1S/C54H79N11O12/c1-39-11-13-40(14-12-39)6-4-10-46(66)57-31-47(67)58-45(54(77)64-28-26-59(27-29-64)32-42-7-5-8-43-33-65(34-44(42)43)49(69)30-41-15-17-56-53(41)76)9-2-3-16-55-48(68)35-60-18-20-61(36-50(70)71)22-24-63(38-52(74)75)25-23-62(21-19-60)37-51(72)73/h5,7-8,11-14,41,45H,2-4,6,9-10,15-38H2,1H3,(H,55,68)(H,56,76)(H,57,66)(H,58,67)(H,70,71)(H,72,73)(H,74,75). The van der Waals surface area contributed by atoms with Gasteiger partial charge in [0.25, 0.3) is 0 Å². The Bertz CT molecular complexity index is 2330. The molecule has 0 radical (unpaired) electrons. The number of carbonyl (C=O) groups excluding carboxylic acids is 6. The smallest absolute Gasteiger partial charge is 0.317 e. The minimum Gasteiger partial charge on any atom is -0.480 e. The van der Waals surface area contributed by atoms with Gasteiger partial charge in [-0.2, -0.15) is 0 Å². The molecule has 2 unspecified atom stereocenters. The van der Waals surface area contributed by atoms with Crippen molar-refractivity contribution in [3.8, 4) is 0 Å². The third kappa shape index (κ3) is 20.4. The van der Waals surface area contributed by atoms with Crippen molar-refractivity contribution in [1.82, 2.24) is 55.6 Å². The Morgan fingerprint density at radius 2 is 1.22 bits per heavy atom. The summed E-state index contributed by atoms with van der Waals surface area (Å²) in [5.74, 6) is -4.82. The fourth-order valence-electron chi connectivity index (χ4n) is 10.3. The number of fused-ring (bicyclic) bond motifs is 1. The number of amides is 6. The zero-order valence-corrected chi connectivity index (χ0v) is 44.6. The first kappa shape index (κ1) is 59.7. The van der Waals surface area contributed by atoms with E-state index in [1.54, 1.807) is 19.6 Å². The fraction of sp³-hybridized carbons (Fsp3) is 0.611. The molecular formula is C54H79N11O12. The van der Waals surface area contributed by atoms with Gasteiger partial charge in [0, 0.05) is 130 Å². The highest BCUT2D eigenvalue weighted by Crippen LogP contribution is 2.29. The molecule has 2 aromatic carbocycles. The Kier molecular flexibility index (Phi) is 23.6. The summed E-state index contributed by atoms with van der Waals surface area (Å²) >= 11 is 0.